The summed E-state index contributed by atoms with van der Waals surface area (Å²) in [5.41, 5.74) is 0.214. The molecule has 2 unspecified atom stereocenters. The number of aliphatic carboxylic acids is 1. The topological polar surface area (TPSA) is 266 Å². The highest BCUT2D eigenvalue weighted by atomic mass is 16.5. The largest absolute Gasteiger partial charge is 0.494 e. The molecule has 0 radical (unpaired) electrons. The van der Waals surface area contributed by atoms with Gasteiger partial charge < -0.3 is 60.5 Å². The number of carbonyl (C=O) groups is 7. The highest BCUT2D eigenvalue weighted by molar-refractivity contribution is 5.87. The normalized spacial score (nSPS) is 11.9. The molecule has 0 spiro atoms. The van der Waals surface area contributed by atoms with Crippen LogP contribution >= 0.6 is 0 Å². The van der Waals surface area contributed by atoms with E-state index in [-0.39, 0.29) is 126 Å². The molecule has 61 heavy (non-hydrogen) atoms. The molecule has 0 saturated heterocycles. The van der Waals surface area contributed by atoms with E-state index in [1.807, 2.05) is 0 Å². The zero-order valence-corrected chi connectivity index (χ0v) is 35.9. The van der Waals surface area contributed by atoms with Crippen molar-refractivity contribution in [1.82, 2.24) is 26.6 Å². The second-order valence-corrected chi connectivity index (χ2v) is 14.2. The van der Waals surface area contributed by atoms with E-state index in [2.05, 4.69) is 26.6 Å². The quantitative estimate of drug-likeness (QED) is 0.0465. The summed E-state index contributed by atoms with van der Waals surface area (Å²) in [5, 5.41) is 32.0. The predicted molar refractivity (Wildman–Crippen MR) is 224 cm³/mol. The van der Waals surface area contributed by atoms with Gasteiger partial charge in [0.25, 0.3) is 0 Å². The summed E-state index contributed by atoms with van der Waals surface area (Å²) >= 11 is 0. The lowest BCUT2D eigenvalue weighted by Gasteiger charge is -2.14. The number of aromatic carboxylic acids is 1. The summed E-state index contributed by atoms with van der Waals surface area (Å²) in [7, 11) is 1.75. The summed E-state index contributed by atoms with van der Waals surface area (Å²) in [6.45, 7) is 4.12. The zero-order chi connectivity index (χ0) is 44.9. The number of amides is 4. The lowest BCUT2D eigenvalue weighted by molar-refractivity contribution is -0.142. The highest BCUT2D eigenvalue weighted by Gasteiger charge is 2.21. The van der Waals surface area contributed by atoms with E-state index < -0.39 is 18.0 Å². The zero-order valence-electron chi connectivity index (χ0n) is 35.9. The minimum Gasteiger partial charge on any atom is -0.494 e. The van der Waals surface area contributed by atoms with Gasteiger partial charge in [-0.25, -0.2) is 9.59 Å². The van der Waals surface area contributed by atoms with Crippen molar-refractivity contribution in [3.05, 3.63) is 29.8 Å². The molecule has 2 atom stereocenters. The summed E-state index contributed by atoms with van der Waals surface area (Å²) in [5.74, 6) is -2.73. The van der Waals surface area contributed by atoms with E-state index in [4.69, 9.17) is 28.8 Å². The van der Waals surface area contributed by atoms with Crippen LogP contribution in [0.25, 0.3) is 0 Å². The van der Waals surface area contributed by atoms with Gasteiger partial charge in [-0.2, -0.15) is 0 Å². The maximum atomic E-state index is 12.3. The van der Waals surface area contributed by atoms with Crippen molar-refractivity contribution in [1.29, 1.82) is 0 Å². The van der Waals surface area contributed by atoms with Crippen molar-refractivity contribution >= 4 is 41.4 Å². The number of hydrogen-bond acceptors (Lipinski definition) is 13. The Labute approximate surface area is 359 Å². The Morgan fingerprint density at radius 3 is 1.64 bits per heavy atom. The van der Waals surface area contributed by atoms with Crippen LogP contribution in [0.3, 0.4) is 0 Å². The number of ketones is 1. The fraction of sp³-hybridized carbons (Fsp3) is 0.690. The van der Waals surface area contributed by atoms with Gasteiger partial charge in [0, 0.05) is 32.5 Å². The molecular formula is C42H69N5O14. The minimum absolute atomic E-state index is 0.0490. The molecule has 0 aliphatic rings. The van der Waals surface area contributed by atoms with Gasteiger partial charge in [0.2, 0.25) is 23.6 Å². The Kier molecular flexibility index (Phi) is 32.1. The Balaban J connectivity index is 1.93. The molecule has 0 saturated carbocycles. The first-order valence-electron chi connectivity index (χ1n) is 21.2. The molecular weight excluding hydrogens is 798 g/mol. The molecule has 19 heteroatoms. The number of carboxylic acid groups (broad SMARTS) is 2. The molecule has 4 amide bonds. The second-order valence-electron chi connectivity index (χ2n) is 14.2. The smallest absolute Gasteiger partial charge is 0.335 e. The molecule has 0 bridgehead atoms. The van der Waals surface area contributed by atoms with Gasteiger partial charge in [-0.15, -0.1) is 0 Å². The molecule has 0 aromatic heterocycles. The minimum atomic E-state index is -1.21. The van der Waals surface area contributed by atoms with Crippen molar-refractivity contribution < 1.29 is 67.5 Å². The summed E-state index contributed by atoms with van der Waals surface area (Å²) in [6, 6.07) is 4.97. The van der Waals surface area contributed by atoms with E-state index in [0.717, 1.165) is 57.8 Å². The van der Waals surface area contributed by atoms with E-state index in [0.29, 0.717) is 25.3 Å². The first-order chi connectivity index (χ1) is 29.4. The van der Waals surface area contributed by atoms with Gasteiger partial charge in [0.1, 0.15) is 30.8 Å². The summed E-state index contributed by atoms with van der Waals surface area (Å²) in [6.07, 6.45) is 8.71. The SMILES string of the molecule is CNC(CCCCNC(=O)COCCOCCNC(=O)COCCOCCNC(=O)CCC(NC(=O)CCCCCCCCCOc1ccc(C(=O)O)cc1)C(=O)O)C(C)=O. The van der Waals surface area contributed by atoms with E-state index in [9.17, 15) is 38.7 Å². The van der Waals surface area contributed by atoms with E-state index in [1.165, 1.54) is 12.1 Å². The second kappa shape index (κ2) is 36.0. The van der Waals surface area contributed by atoms with Gasteiger partial charge in [-0.3, -0.25) is 24.0 Å². The van der Waals surface area contributed by atoms with Crippen LogP contribution < -0.4 is 31.3 Å². The lowest BCUT2D eigenvalue weighted by atomic mass is 10.1. The third-order valence-corrected chi connectivity index (χ3v) is 9.14. The summed E-state index contributed by atoms with van der Waals surface area (Å²) in [4.78, 5) is 82.2. The fourth-order valence-electron chi connectivity index (χ4n) is 5.69. The molecule has 7 N–H and O–H groups in total. The van der Waals surface area contributed by atoms with Crippen LogP contribution in [0.1, 0.15) is 101 Å². The monoisotopic (exact) mass is 867 g/mol. The van der Waals surface area contributed by atoms with Gasteiger partial charge in [0.05, 0.1) is 57.9 Å². The van der Waals surface area contributed by atoms with Crippen LogP contribution in [0.15, 0.2) is 24.3 Å². The Hall–Kier alpha value is -4.69. The number of carboxylic acids is 2. The number of nitrogens with one attached hydrogen (secondary N) is 5. The van der Waals surface area contributed by atoms with Crippen molar-refractivity contribution in [2.24, 2.45) is 0 Å². The number of rotatable bonds is 40. The van der Waals surface area contributed by atoms with Crippen LogP contribution in [-0.2, 0) is 47.7 Å². The molecule has 0 aliphatic carbocycles. The van der Waals surface area contributed by atoms with Gasteiger partial charge in [0.15, 0.2) is 0 Å². The van der Waals surface area contributed by atoms with Gasteiger partial charge >= 0.3 is 11.9 Å². The van der Waals surface area contributed by atoms with Crippen LogP contribution in [0, 0.1) is 0 Å². The van der Waals surface area contributed by atoms with Crippen molar-refractivity contribution in [3.8, 4) is 5.75 Å². The molecule has 346 valence electrons. The highest BCUT2D eigenvalue weighted by Crippen LogP contribution is 2.14. The number of likely N-dealkylation sites (N-methyl/N-ethyl adjacent to an activating group) is 1. The molecule has 19 nitrogen and oxygen atoms in total. The van der Waals surface area contributed by atoms with Gasteiger partial charge in [-0.05, 0) is 76.8 Å². The molecule has 1 rings (SSSR count). The average molecular weight is 868 g/mol. The Bertz CT molecular complexity index is 1410. The lowest BCUT2D eigenvalue weighted by Crippen LogP contribution is -2.41. The van der Waals surface area contributed by atoms with Crippen LogP contribution in [0.5, 0.6) is 5.75 Å². The first-order valence-corrected chi connectivity index (χ1v) is 21.2. The molecule has 0 aliphatic heterocycles. The third-order valence-electron chi connectivity index (χ3n) is 9.14. The fourth-order valence-corrected chi connectivity index (χ4v) is 5.69. The van der Waals surface area contributed by atoms with Crippen molar-refractivity contribution in [3.63, 3.8) is 0 Å². The standard InChI is InChI=1S/C42H69N5O14/c1-32(48)35(43-2)12-9-10-20-44-39(51)30-59-28-27-58-25-22-46-40(52)31-60-29-26-57-24-21-45-37(49)19-18-36(42(55)56)47-38(50)13-8-6-4-3-5-7-11-23-61-34-16-14-33(15-17-34)41(53)54/h14-17,35-36,43H,3-13,18-31H2,1-2H3,(H,44,51)(H,45,49)(H,46,52)(H,47,50)(H,53,54)(H,55,56). The summed E-state index contributed by atoms with van der Waals surface area (Å²) < 4.78 is 27.0. The van der Waals surface area contributed by atoms with Gasteiger partial charge in [-0.1, -0.05) is 32.1 Å². The Morgan fingerprint density at radius 2 is 1.08 bits per heavy atom. The Morgan fingerprint density at radius 1 is 0.541 bits per heavy atom. The molecule has 1 aromatic carbocycles. The van der Waals surface area contributed by atoms with E-state index in [1.54, 1.807) is 26.1 Å². The predicted octanol–water partition coefficient (Wildman–Crippen LogP) is 2.00. The number of ether oxygens (including phenoxy) is 5. The number of unbranched alkanes of at least 4 members (excludes halogenated alkanes) is 7. The third kappa shape index (κ3) is 30.9. The van der Waals surface area contributed by atoms with Crippen molar-refractivity contribution in [2.45, 2.75) is 102 Å². The molecule has 0 fully saturated rings. The molecule has 1 aromatic rings. The number of hydrogen-bond donors (Lipinski definition) is 7. The van der Waals surface area contributed by atoms with Crippen LogP contribution in [0.4, 0.5) is 0 Å². The maximum Gasteiger partial charge on any atom is 0.335 e. The number of carbonyl (C=O) groups excluding carboxylic acids is 5. The van der Waals surface area contributed by atoms with Crippen LogP contribution in [0.2, 0.25) is 0 Å². The van der Waals surface area contributed by atoms with Crippen LogP contribution in [-0.4, -0.2) is 150 Å². The van der Waals surface area contributed by atoms with E-state index >= 15 is 0 Å². The molecule has 0 heterocycles. The first kappa shape index (κ1) is 54.3. The number of benzene rings is 1. The van der Waals surface area contributed by atoms with Crippen molar-refractivity contribution in [2.75, 3.05) is 86.1 Å². The maximum absolute atomic E-state index is 12.3. The average Bonchev–Trinajstić information content (AvgIpc) is 3.23. The number of Topliss-reactive ketones (excluding diaryl/α,β-unsaturated/α-hetero) is 1.